The molecule has 2 rings (SSSR count). The number of esters is 1. The van der Waals surface area contributed by atoms with Gasteiger partial charge in [-0.1, -0.05) is 24.3 Å². The molecule has 0 radical (unpaired) electrons. The van der Waals surface area contributed by atoms with Crippen LogP contribution in [0.2, 0.25) is 0 Å². The number of phenols is 1. The number of carbonyl (C=O) groups excluding carboxylic acids is 3. The summed E-state index contributed by atoms with van der Waals surface area (Å²) < 4.78 is 15.6. The molecule has 9 nitrogen and oxygen atoms in total. The van der Waals surface area contributed by atoms with Crippen LogP contribution in [0.15, 0.2) is 60.4 Å². The van der Waals surface area contributed by atoms with Crippen LogP contribution in [0.25, 0.3) is 12.2 Å². The molecule has 0 aliphatic rings. The van der Waals surface area contributed by atoms with Crippen LogP contribution >= 0.6 is 0 Å². The topological polar surface area (TPSA) is 131 Å². The van der Waals surface area contributed by atoms with E-state index in [1.807, 2.05) is 0 Å². The number of allylic oxidation sites excluding steroid dienone is 3. The molecule has 0 atom stereocenters. The fourth-order valence-corrected chi connectivity index (χ4v) is 2.96. The summed E-state index contributed by atoms with van der Waals surface area (Å²) in [6.45, 7) is 0. The standard InChI is InChI=1S/C27H29NO8/c1-28-26(32)5-4-6-27(33)36-23-14-10-19(16-25(23)35-3)8-12-21(30)17-20(29)11-7-18-9-13-22(31)24(15-18)34-2/h7-17,29,31H,4-6H2,1-3H3,(H,28,32)/b11-7+,12-8+,20-17-. The normalized spacial score (nSPS) is 11.5. The number of hydrogen-bond acceptors (Lipinski definition) is 8. The first-order valence-electron chi connectivity index (χ1n) is 11.0. The number of phenolic OH excluding ortho intramolecular Hbond substituents is 1. The molecule has 2 aromatic carbocycles. The average molecular weight is 496 g/mol. The molecule has 0 heterocycles. The van der Waals surface area contributed by atoms with E-state index in [-0.39, 0.29) is 41.8 Å². The lowest BCUT2D eigenvalue weighted by Crippen LogP contribution is -2.18. The third-order valence-corrected chi connectivity index (χ3v) is 4.86. The lowest BCUT2D eigenvalue weighted by Gasteiger charge is -2.10. The van der Waals surface area contributed by atoms with Crippen LogP contribution in [-0.4, -0.2) is 49.1 Å². The number of hydrogen-bond donors (Lipinski definition) is 3. The van der Waals surface area contributed by atoms with Crippen molar-refractivity contribution in [2.75, 3.05) is 21.3 Å². The molecular weight excluding hydrogens is 466 g/mol. The van der Waals surface area contributed by atoms with Crippen LogP contribution in [0.1, 0.15) is 30.4 Å². The Balaban J connectivity index is 1.98. The van der Waals surface area contributed by atoms with Gasteiger partial charge in [-0.3, -0.25) is 14.4 Å². The highest BCUT2D eigenvalue weighted by atomic mass is 16.6. The summed E-state index contributed by atoms with van der Waals surface area (Å²) in [7, 11) is 4.38. The summed E-state index contributed by atoms with van der Waals surface area (Å²) in [4.78, 5) is 35.4. The van der Waals surface area contributed by atoms with E-state index < -0.39 is 11.8 Å². The molecule has 0 unspecified atom stereocenters. The molecule has 190 valence electrons. The Morgan fingerprint density at radius 1 is 0.889 bits per heavy atom. The molecule has 0 saturated carbocycles. The molecule has 0 bridgehead atoms. The van der Waals surface area contributed by atoms with Gasteiger partial charge >= 0.3 is 5.97 Å². The van der Waals surface area contributed by atoms with Crippen LogP contribution in [-0.2, 0) is 14.4 Å². The number of carbonyl (C=O) groups is 3. The first kappa shape index (κ1) is 27.7. The van der Waals surface area contributed by atoms with E-state index in [4.69, 9.17) is 14.2 Å². The lowest BCUT2D eigenvalue weighted by atomic mass is 10.1. The smallest absolute Gasteiger partial charge is 0.311 e. The SMILES string of the molecule is CNC(=O)CCCC(=O)Oc1ccc(/C=C/C(=O)/C=C(O)/C=C/c2ccc(O)c(OC)c2)cc1OC. The summed E-state index contributed by atoms with van der Waals surface area (Å²) in [5.74, 6) is -0.543. The zero-order valence-electron chi connectivity index (χ0n) is 20.3. The number of methoxy groups -OCH3 is 2. The Morgan fingerprint density at radius 3 is 2.19 bits per heavy atom. The highest BCUT2D eigenvalue weighted by molar-refractivity contribution is 6.02. The van der Waals surface area contributed by atoms with Crippen molar-refractivity contribution in [3.63, 3.8) is 0 Å². The van der Waals surface area contributed by atoms with E-state index in [0.29, 0.717) is 23.3 Å². The van der Waals surface area contributed by atoms with E-state index in [1.54, 1.807) is 36.4 Å². The summed E-state index contributed by atoms with van der Waals surface area (Å²) in [5, 5.41) is 22.1. The number of benzene rings is 2. The minimum Gasteiger partial charge on any atom is -0.508 e. The highest BCUT2D eigenvalue weighted by Gasteiger charge is 2.11. The molecule has 0 aliphatic heterocycles. The Kier molecular flexibility index (Phi) is 10.8. The average Bonchev–Trinajstić information content (AvgIpc) is 2.87. The van der Waals surface area contributed by atoms with Crippen molar-refractivity contribution >= 4 is 29.8 Å². The van der Waals surface area contributed by atoms with Crippen LogP contribution in [0.4, 0.5) is 0 Å². The number of aromatic hydroxyl groups is 1. The zero-order chi connectivity index (χ0) is 26.5. The lowest BCUT2D eigenvalue weighted by molar-refractivity contribution is -0.134. The van der Waals surface area contributed by atoms with Gasteiger partial charge in [-0.05, 0) is 54.0 Å². The maximum Gasteiger partial charge on any atom is 0.311 e. The number of nitrogens with one attached hydrogen (secondary N) is 1. The van der Waals surface area contributed by atoms with Crippen molar-refractivity contribution in [3.05, 3.63) is 71.5 Å². The molecular formula is C27H29NO8. The first-order valence-corrected chi connectivity index (χ1v) is 11.0. The van der Waals surface area contributed by atoms with E-state index in [1.165, 1.54) is 45.6 Å². The van der Waals surface area contributed by atoms with Crippen molar-refractivity contribution in [1.29, 1.82) is 0 Å². The number of ketones is 1. The Hall–Kier alpha value is -4.53. The molecule has 9 heteroatoms. The van der Waals surface area contributed by atoms with Crippen LogP contribution in [0.3, 0.4) is 0 Å². The van der Waals surface area contributed by atoms with Gasteiger partial charge < -0.3 is 29.7 Å². The third kappa shape index (κ3) is 9.02. The Labute approximate surface area is 209 Å². The number of aliphatic hydroxyl groups excluding tert-OH is 1. The predicted octanol–water partition coefficient (Wildman–Crippen LogP) is 3.97. The van der Waals surface area contributed by atoms with Crippen molar-refractivity contribution in [2.45, 2.75) is 19.3 Å². The number of amides is 1. The molecule has 0 aromatic heterocycles. The molecule has 0 saturated heterocycles. The van der Waals surface area contributed by atoms with Gasteiger partial charge in [-0.2, -0.15) is 0 Å². The minimum absolute atomic E-state index is 0.00424. The van der Waals surface area contributed by atoms with Gasteiger partial charge in [-0.15, -0.1) is 0 Å². The number of ether oxygens (including phenoxy) is 3. The maximum atomic E-state index is 12.2. The van der Waals surface area contributed by atoms with Crippen molar-refractivity contribution in [3.8, 4) is 23.0 Å². The van der Waals surface area contributed by atoms with Gasteiger partial charge in [0.1, 0.15) is 5.76 Å². The third-order valence-electron chi connectivity index (χ3n) is 4.86. The second kappa shape index (κ2) is 14.0. The Bertz CT molecular complexity index is 1180. The quantitative estimate of drug-likeness (QED) is 0.133. The summed E-state index contributed by atoms with van der Waals surface area (Å²) in [6, 6.07) is 9.45. The van der Waals surface area contributed by atoms with Gasteiger partial charge in [0.05, 0.1) is 14.2 Å². The van der Waals surface area contributed by atoms with Crippen molar-refractivity contribution < 1.29 is 38.8 Å². The van der Waals surface area contributed by atoms with E-state index in [2.05, 4.69) is 5.32 Å². The zero-order valence-corrected chi connectivity index (χ0v) is 20.3. The monoisotopic (exact) mass is 495 g/mol. The van der Waals surface area contributed by atoms with Gasteiger partial charge in [0, 0.05) is 26.0 Å². The number of aliphatic hydroxyl groups is 1. The second-order valence-electron chi connectivity index (χ2n) is 7.48. The number of rotatable bonds is 12. The summed E-state index contributed by atoms with van der Waals surface area (Å²) >= 11 is 0. The van der Waals surface area contributed by atoms with Gasteiger partial charge in [0.15, 0.2) is 28.8 Å². The largest absolute Gasteiger partial charge is 0.508 e. The first-order chi connectivity index (χ1) is 17.2. The molecule has 0 spiro atoms. The molecule has 36 heavy (non-hydrogen) atoms. The molecule has 1 amide bonds. The fraction of sp³-hybridized carbons (Fsp3) is 0.222. The van der Waals surface area contributed by atoms with Gasteiger partial charge in [0.25, 0.3) is 0 Å². The highest BCUT2D eigenvalue weighted by Crippen LogP contribution is 2.29. The molecule has 3 N–H and O–H groups in total. The minimum atomic E-state index is -0.491. The van der Waals surface area contributed by atoms with Crippen LogP contribution < -0.4 is 19.5 Å². The second-order valence-corrected chi connectivity index (χ2v) is 7.48. The van der Waals surface area contributed by atoms with E-state index in [0.717, 1.165) is 6.08 Å². The van der Waals surface area contributed by atoms with E-state index >= 15 is 0 Å². The predicted molar refractivity (Wildman–Crippen MR) is 135 cm³/mol. The van der Waals surface area contributed by atoms with Gasteiger partial charge in [0.2, 0.25) is 5.91 Å². The summed E-state index contributed by atoms with van der Waals surface area (Å²) in [6.07, 6.45) is 7.43. The van der Waals surface area contributed by atoms with Crippen LogP contribution in [0, 0.1) is 0 Å². The van der Waals surface area contributed by atoms with Crippen molar-refractivity contribution in [2.24, 2.45) is 0 Å². The Morgan fingerprint density at radius 2 is 1.53 bits per heavy atom. The molecule has 2 aromatic rings. The fourth-order valence-electron chi connectivity index (χ4n) is 2.96. The summed E-state index contributed by atoms with van der Waals surface area (Å²) in [5.41, 5.74) is 1.27. The molecule has 0 fully saturated rings. The van der Waals surface area contributed by atoms with Crippen molar-refractivity contribution in [1.82, 2.24) is 5.32 Å². The van der Waals surface area contributed by atoms with Gasteiger partial charge in [-0.25, -0.2) is 0 Å². The molecule has 0 aliphatic carbocycles. The van der Waals surface area contributed by atoms with Crippen LogP contribution in [0.5, 0.6) is 23.0 Å². The van der Waals surface area contributed by atoms with E-state index in [9.17, 15) is 24.6 Å². The maximum absolute atomic E-state index is 12.2.